The number of carbonyl (C=O) groups is 2. The van der Waals surface area contributed by atoms with E-state index in [1.165, 1.54) is 76.7 Å². The molecule has 1 amide bonds. The Hall–Kier alpha value is -1.66. The highest BCUT2D eigenvalue weighted by Gasteiger charge is 2.70. The predicted molar refractivity (Wildman–Crippen MR) is 209 cm³/mol. The van der Waals surface area contributed by atoms with Crippen LogP contribution in [0.1, 0.15) is 184 Å². The number of unbranched alkanes of at least 4 members (excludes halogenated alkanes) is 11. The molecule has 292 valence electrons. The van der Waals surface area contributed by atoms with E-state index >= 15 is 0 Å². The number of allylic oxidation sites excluding steroid dienone is 2. The van der Waals surface area contributed by atoms with Gasteiger partial charge in [0, 0.05) is 19.0 Å². The molecule has 51 heavy (non-hydrogen) atoms. The molecule has 0 heterocycles. The fraction of sp³-hybridized carbons (Fsp3) is 0.867. The summed E-state index contributed by atoms with van der Waals surface area (Å²) in [7, 11) is 0. The minimum absolute atomic E-state index is 0.0239. The van der Waals surface area contributed by atoms with E-state index < -0.39 is 12.2 Å². The van der Waals surface area contributed by atoms with Gasteiger partial charge in [-0.1, -0.05) is 117 Å². The first kappa shape index (κ1) is 42.1. The highest BCUT2D eigenvalue weighted by molar-refractivity contribution is 5.94. The maximum absolute atomic E-state index is 14.3. The number of hydrogen-bond acceptors (Lipinski definition) is 5. The standard InChI is InChI=1S/C45H77NO5/c1-9-10-11-12-13-14-15-16-17-18-19-20-28-46-42(50)34(23-21-22-31(2)3)40-36-29-38(49)41-43(6)26-25-37(48)32(4)35(43)24-27-44(41,7)45(36,8)30-39(40)51-33(5)47/h22,32,35-39,41,48-49H,9-21,23-30H2,1-8H3,(H,46,50)/b40-34-/t32-,35-,36-,37+,38+,39-,41?,43-,44-,45-/m0/s1. The summed E-state index contributed by atoms with van der Waals surface area (Å²) in [5.74, 6) is 0.308. The highest BCUT2D eigenvalue weighted by Crippen LogP contribution is 2.74. The molecule has 1 unspecified atom stereocenters. The molecular weight excluding hydrogens is 634 g/mol. The molecule has 0 aliphatic heterocycles. The SMILES string of the molecule is CCCCCCCCCCCCCCNC(=O)/C(CCC=C(C)C)=C1\[C@@H](OC(C)=O)C[C@@]2(C)[C@H]1C[C@@H](O)C1[C@]2(C)CC[C@H]2[C@H](C)[C@H](O)CC[C@]12C. The van der Waals surface area contributed by atoms with Crippen molar-refractivity contribution in [3.63, 3.8) is 0 Å². The Bertz CT molecular complexity index is 1220. The summed E-state index contributed by atoms with van der Waals surface area (Å²) in [6.07, 6.45) is 22.7. The topological polar surface area (TPSA) is 95.9 Å². The van der Waals surface area contributed by atoms with Gasteiger partial charge in [0.1, 0.15) is 6.10 Å². The number of amides is 1. The molecule has 4 rings (SSSR count). The van der Waals surface area contributed by atoms with Crippen molar-refractivity contribution in [1.29, 1.82) is 0 Å². The van der Waals surface area contributed by atoms with Crippen LogP contribution in [0.3, 0.4) is 0 Å². The lowest BCUT2D eigenvalue weighted by Crippen LogP contribution is -2.65. The van der Waals surface area contributed by atoms with Crippen molar-refractivity contribution >= 4 is 11.9 Å². The Morgan fingerprint density at radius 3 is 2.04 bits per heavy atom. The van der Waals surface area contributed by atoms with Gasteiger partial charge in [-0.3, -0.25) is 9.59 Å². The summed E-state index contributed by atoms with van der Waals surface area (Å²) in [6.45, 7) is 18.0. The predicted octanol–water partition coefficient (Wildman–Crippen LogP) is 10.4. The van der Waals surface area contributed by atoms with Gasteiger partial charge in [-0.15, -0.1) is 0 Å². The molecule has 4 fully saturated rings. The zero-order chi connectivity index (χ0) is 37.4. The number of ether oxygens (including phenoxy) is 1. The van der Waals surface area contributed by atoms with Crippen LogP contribution in [0.15, 0.2) is 22.8 Å². The van der Waals surface area contributed by atoms with Gasteiger partial charge in [0.2, 0.25) is 5.91 Å². The lowest BCUT2D eigenvalue weighted by atomic mass is 9.36. The van der Waals surface area contributed by atoms with Crippen molar-refractivity contribution < 1.29 is 24.5 Å². The number of fused-ring (bicyclic) bond motifs is 5. The summed E-state index contributed by atoms with van der Waals surface area (Å²) in [5.41, 5.74) is 2.47. The summed E-state index contributed by atoms with van der Waals surface area (Å²) >= 11 is 0. The Labute approximate surface area is 312 Å². The minimum atomic E-state index is -0.516. The summed E-state index contributed by atoms with van der Waals surface area (Å²) < 4.78 is 6.18. The fourth-order valence-corrected chi connectivity index (χ4v) is 12.1. The van der Waals surface area contributed by atoms with Crippen molar-refractivity contribution in [3.05, 3.63) is 22.8 Å². The van der Waals surface area contributed by atoms with Crippen molar-refractivity contribution in [1.82, 2.24) is 5.32 Å². The van der Waals surface area contributed by atoms with Gasteiger partial charge < -0.3 is 20.3 Å². The zero-order valence-corrected chi connectivity index (χ0v) is 34.1. The van der Waals surface area contributed by atoms with E-state index in [1.54, 1.807) is 0 Å². The van der Waals surface area contributed by atoms with Crippen molar-refractivity contribution in [2.45, 2.75) is 202 Å². The first-order valence-electron chi connectivity index (χ1n) is 21.4. The minimum Gasteiger partial charge on any atom is -0.458 e. The van der Waals surface area contributed by atoms with E-state index in [-0.39, 0.29) is 52.0 Å². The maximum Gasteiger partial charge on any atom is 0.303 e. The number of aliphatic hydroxyl groups is 2. The molecule has 0 radical (unpaired) electrons. The van der Waals surface area contributed by atoms with Crippen LogP contribution >= 0.6 is 0 Å². The second-order valence-corrected chi connectivity index (χ2v) is 18.5. The average molecular weight is 712 g/mol. The maximum atomic E-state index is 14.3. The summed E-state index contributed by atoms with van der Waals surface area (Å²) in [4.78, 5) is 26.9. The van der Waals surface area contributed by atoms with Crippen LogP contribution in [0.4, 0.5) is 0 Å². The van der Waals surface area contributed by atoms with Gasteiger partial charge in [0.15, 0.2) is 0 Å². The Morgan fingerprint density at radius 2 is 1.45 bits per heavy atom. The summed E-state index contributed by atoms with van der Waals surface area (Å²) in [6, 6.07) is 0. The number of carbonyl (C=O) groups excluding carboxylic acids is 2. The number of hydrogen-bond donors (Lipinski definition) is 3. The fourth-order valence-electron chi connectivity index (χ4n) is 12.1. The molecule has 0 spiro atoms. The van der Waals surface area contributed by atoms with Crippen LogP contribution in [0.25, 0.3) is 0 Å². The van der Waals surface area contributed by atoms with Crippen molar-refractivity contribution in [2.75, 3.05) is 6.54 Å². The smallest absolute Gasteiger partial charge is 0.303 e. The third kappa shape index (κ3) is 9.35. The summed E-state index contributed by atoms with van der Waals surface area (Å²) in [5, 5.41) is 26.4. The van der Waals surface area contributed by atoms with Crippen molar-refractivity contribution in [3.8, 4) is 0 Å². The third-order valence-corrected chi connectivity index (χ3v) is 14.9. The van der Waals surface area contributed by atoms with E-state index in [0.717, 1.165) is 56.1 Å². The molecule has 10 atom stereocenters. The molecular formula is C45H77NO5. The van der Waals surface area contributed by atoms with Crippen LogP contribution in [-0.2, 0) is 14.3 Å². The number of esters is 1. The second kappa shape index (κ2) is 18.6. The number of aliphatic hydroxyl groups excluding tert-OH is 2. The lowest BCUT2D eigenvalue weighted by Gasteiger charge is -2.69. The molecule has 0 aromatic heterocycles. The molecule has 0 saturated heterocycles. The van der Waals surface area contributed by atoms with Crippen molar-refractivity contribution in [2.24, 2.45) is 39.9 Å². The van der Waals surface area contributed by atoms with E-state index in [1.807, 2.05) is 0 Å². The Balaban J connectivity index is 1.51. The lowest BCUT2D eigenvalue weighted by molar-refractivity contribution is -0.234. The van der Waals surface area contributed by atoms with Crippen LogP contribution in [0.2, 0.25) is 0 Å². The van der Waals surface area contributed by atoms with Gasteiger partial charge in [-0.2, -0.15) is 0 Å². The Kier molecular flexibility index (Phi) is 15.3. The normalized spacial score (nSPS) is 36.8. The van der Waals surface area contributed by atoms with Gasteiger partial charge >= 0.3 is 5.97 Å². The molecule has 6 nitrogen and oxygen atoms in total. The molecule has 0 aromatic carbocycles. The van der Waals surface area contributed by atoms with E-state index in [9.17, 15) is 19.8 Å². The van der Waals surface area contributed by atoms with Gasteiger partial charge in [0.05, 0.1) is 12.2 Å². The average Bonchev–Trinajstić information content (AvgIpc) is 3.34. The van der Waals surface area contributed by atoms with Gasteiger partial charge in [-0.25, -0.2) is 0 Å². The molecule has 0 aromatic rings. The molecule has 4 saturated carbocycles. The number of rotatable bonds is 18. The van der Waals surface area contributed by atoms with Gasteiger partial charge in [-0.05, 0) is 117 Å². The zero-order valence-electron chi connectivity index (χ0n) is 34.1. The highest BCUT2D eigenvalue weighted by atomic mass is 16.5. The van der Waals surface area contributed by atoms with Crippen LogP contribution in [0, 0.1) is 39.9 Å². The first-order valence-corrected chi connectivity index (χ1v) is 21.4. The van der Waals surface area contributed by atoms with Crippen LogP contribution in [-0.4, -0.2) is 46.9 Å². The van der Waals surface area contributed by atoms with E-state index in [0.29, 0.717) is 31.7 Å². The first-order chi connectivity index (χ1) is 24.2. The van der Waals surface area contributed by atoms with Crippen LogP contribution < -0.4 is 5.32 Å². The van der Waals surface area contributed by atoms with E-state index in [2.05, 4.69) is 59.9 Å². The third-order valence-electron chi connectivity index (χ3n) is 14.9. The number of nitrogens with one attached hydrogen (secondary N) is 1. The molecule has 4 aliphatic rings. The quantitative estimate of drug-likeness (QED) is 0.0569. The molecule has 0 bridgehead atoms. The molecule has 4 aliphatic carbocycles. The van der Waals surface area contributed by atoms with E-state index in [4.69, 9.17) is 4.74 Å². The second-order valence-electron chi connectivity index (χ2n) is 18.5. The largest absolute Gasteiger partial charge is 0.458 e. The van der Waals surface area contributed by atoms with Crippen LogP contribution in [0.5, 0.6) is 0 Å². The Morgan fingerprint density at radius 1 is 0.843 bits per heavy atom. The van der Waals surface area contributed by atoms with Gasteiger partial charge in [0.25, 0.3) is 0 Å². The molecule has 6 heteroatoms. The monoisotopic (exact) mass is 712 g/mol. The molecule has 3 N–H and O–H groups in total.